The Morgan fingerprint density at radius 3 is 2.08 bits per heavy atom. The topological polar surface area (TPSA) is 66.0 Å². The van der Waals surface area contributed by atoms with Gasteiger partial charge in [0.15, 0.2) is 0 Å². The number of ether oxygens (including phenoxy) is 4. The number of amides is 1. The van der Waals surface area contributed by atoms with Crippen LogP contribution in [-0.4, -0.2) is 33.3 Å². The van der Waals surface area contributed by atoms with E-state index in [0.717, 1.165) is 5.56 Å². The summed E-state index contributed by atoms with van der Waals surface area (Å²) in [6.45, 7) is 6.69. The summed E-state index contributed by atoms with van der Waals surface area (Å²) >= 11 is 0. The summed E-state index contributed by atoms with van der Waals surface area (Å²) in [7, 11) is 3.12. The van der Waals surface area contributed by atoms with E-state index in [0.29, 0.717) is 47.5 Å². The molecule has 0 aliphatic carbocycles. The first-order chi connectivity index (χ1) is 12.5. The molecule has 0 heterocycles. The van der Waals surface area contributed by atoms with E-state index in [4.69, 9.17) is 18.9 Å². The van der Waals surface area contributed by atoms with Crippen LogP contribution in [0.4, 0.5) is 5.69 Å². The molecule has 0 fully saturated rings. The summed E-state index contributed by atoms with van der Waals surface area (Å²) in [5, 5.41) is 2.88. The van der Waals surface area contributed by atoms with E-state index in [1.54, 1.807) is 38.5 Å². The fourth-order valence-electron chi connectivity index (χ4n) is 2.56. The van der Waals surface area contributed by atoms with E-state index in [-0.39, 0.29) is 5.91 Å². The smallest absolute Gasteiger partial charge is 0.256 e. The average Bonchev–Trinajstić information content (AvgIpc) is 2.64. The van der Waals surface area contributed by atoms with E-state index in [2.05, 4.69) is 5.32 Å². The van der Waals surface area contributed by atoms with Crippen molar-refractivity contribution >= 4 is 11.6 Å². The van der Waals surface area contributed by atoms with Crippen molar-refractivity contribution in [1.82, 2.24) is 0 Å². The maximum atomic E-state index is 12.8. The predicted octanol–water partition coefficient (Wildman–Crippen LogP) is 4.06. The minimum atomic E-state index is -0.295. The van der Waals surface area contributed by atoms with Crippen LogP contribution in [0.15, 0.2) is 30.3 Å². The highest BCUT2D eigenvalue weighted by molar-refractivity contribution is 6.05. The first-order valence-corrected chi connectivity index (χ1v) is 8.47. The van der Waals surface area contributed by atoms with Gasteiger partial charge in [-0.2, -0.15) is 0 Å². The Morgan fingerprint density at radius 2 is 1.54 bits per heavy atom. The maximum Gasteiger partial charge on any atom is 0.256 e. The molecule has 2 aromatic rings. The highest BCUT2D eigenvalue weighted by Crippen LogP contribution is 2.32. The molecular formula is C20H25NO5. The molecule has 26 heavy (non-hydrogen) atoms. The van der Waals surface area contributed by atoms with Crippen LogP contribution in [0.2, 0.25) is 0 Å². The predicted molar refractivity (Wildman–Crippen MR) is 101 cm³/mol. The molecule has 0 spiro atoms. The molecule has 0 saturated heterocycles. The summed E-state index contributed by atoms with van der Waals surface area (Å²) in [6.07, 6.45) is 0. The lowest BCUT2D eigenvalue weighted by Gasteiger charge is -2.15. The molecule has 2 aromatic carbocycles. The second-order valence-corrected chi connectivity index (χ2v) is 5.48. The minimum absolute atomic E-state index is 0.295. The second kappa shape index (κ2) is 8.99. The third kappa shape index (κ3) is 4.39. The lowest BCUT2D eigenvalue weighted by Crippen LogP contribution is -2.14. The Hall–Kier alpha value is -2.89. The lowest BCUT2D eigenvalue weighted by atomic mass is 10.1. The summed E-state index contributed by atoms with van der Waals surface area (Å²) in [4.78, 5) is 12.8. The summed E-state index contributed by atoms with van der Waals surface area (Å²) in [5.74, 6) is 2.11. The molecule has 1 amide bonds. The van der Waals surface area contributed by atoms with Crippen LogP contribution in [0.5, 0.6) is 23.0 Å². The van der Waals surface area contributed by atoms with Crippen molar-refractivity contribution in [2.45, 2.75) is 20.8 Å². The number of hydrogen-bond donors (Lipinski definition) is 1. The fraction of sp³-hybridized carbons (Fsp3) is 0.350. The molecule has 6 heteroatoms. The van der Waals surface area contributed by atoms with Crippen LogP contribution in [0.25, 0.3) is 0 Å². The first kappa shape index (κ1) is 19.4. The zero-order chi connectivity index (χ0) is 19.1. The van der Waals surface area contributed by atoms with Crippen LogP contribution in [0, 0.1) is 6.92 Å². The van der Waals surface area contributed by atoms with Gasteiger partial charge >= 0.3 is 0 Å². The van der Waals surface area contributed by atoms with Crippen molar-refractivity contribution < 1.29 is 23.7 Å². The van der Waals surface area contributed by atoms with Crippen molar-refractivity contribution in [3.8, 4) is 23.0 Å². The number of anilines is 1. The molecule has 0 aliphatic heterocycles. The van der Waals surface area contributed by atoms with Gasteiger partial charge in [0.2, 0.25) is 0 Å². The first-order valence-electron chi connectivity index (χ1n) is 8.47. The van der Waals surface area contributed by atoms with E-state index in [9.17, 15) is 4.79 Å². The Morgan fingerprint density at radius 1 is 0.923 bits per heavy atom. The van der Waals surface area contributed by atoms with Crippen molar-refractivity contribution in [3.63, 3.8) is 0 Å². The number of carbonyl (C=O) groups excluding carboxylic acids is 1. The van der Waals surface area contributed by atoms with Gasteiger partial charge in [-0.05, 0) is 45.0 Å². The number of hydrogen-bond acceptors (Lipinski definition) is 5. The maximum absolute atomic E-state index is 12.8. The quantitative estimate of drug-likeness (QED) is 0.770. The molecule has 0 bridgehead atoms. The van der Waals surface area contributed by atoms with Crippen LogP contribution >= 0.6 is 0 Å². The van der Waals surface area contributed by atoms with Crippen LogP contribution in [0.1, 0.15) is 29.8 Å². The monoisotopic (exact) mass is 359 g/mol. The normalized spacial score (nSPS) is 10.2. The second-order valence-electron chi connectivity index (χ2n) is 5.48. The molecule has 0 unspecified atom stereocenters. The standard InChI is InChI=1S/C20H25NO5/c1-6-25-15-8-9-17(26-7-2)16(12-15)21-20(22)14-10-18(23-4)13(3)19(11-14)24-5/h8-12H,6-7H2,1-5H3,(H,21,22). The lowest BCUT2D eigenvalue weighted by molar-refractivity contribution is 0.102. The largest absolute Gasteiger partial charge is 0.496 e. The molecule has 140 valence electrons. The number of nitrogens with one attached hydrogen (secondary N) is 1. The summed E-state index contributed by atoms with van der Waals surface area (Å²) in [5.41, 5.74) is 1.80. The molecular weight excluding hydrogens is 334 g/mol. The third-order valence-corrected chi connectivity index (χ3v) is 3.82. The van der Waals surface area contributed by atoms with E-state index in [1.807, 2.05) is 26.8 Å². The fourth-order valence-corrected chi connectivity index (χ4v) is 2.56. The highest BCUT2D eigenvalue weighted by Gasteiger charge is 2.16. The molecule has 0 aliphatic rings. The minimum Gasteiger partial charge on any atom is -0.496 e. The Labute approximate surface area is 154 Å². The average molecular weight is 359 g/mol. The SMILES string of the molecule is CCOc1ccc(OCC)c(NC(=O)c2cc(OC)c(C)c(OC)c2)c1. The van der Waals surface area contributed by atoms with Crippen molar-refractivity contribution in [2.75, 3.05) is 32.8 Å². The van der Waals surface area contributed by atoms with Crippen molar-refractivity contribution in [3.05, 3.63) is 41.5 Å². The van der Waals surface area contributed by atoms with Gasteiger partial charge in [-0.1, -0.05) is 0 Å². The van der Waals surface area contributed by atoms with Gasteiger partial charge in [0, 0.05) is 17.2 Å². The molecule has 0 aromatic heterocycles. The Kier molecular flexibility index (Phi) is 6.72. The number of benzene rings is 2. The number of carbonyl (C=O) groups is 1. The summed E-state index contributed by atoms with van der Waals surface area (Å²) < 4.78 is 21.8. The van der Waals surface area contributed by atoms with E-state index in [1.165, 1.54) is 0 Å². The number of rotatable bonds is 8. The van der Waals surface area contributed by atoms with Crippen molar-refractivity contribution in [1.29, 1.82) is 0 Å². The van der Waals surface area contributed by atoms with E-state index >= 15 is 0 Å². The zero-order valence-corrected chi connectivity index (χ0v) is 15.8. The van der Waals surface area contributed by atoms with Crippen LogP contribution in [0.3, 0.4) is 0 Å². The molecule has 2 rings (SSSR count). The van der Waals surface area contributed by atoms with Gasteiger partial charge < -0.3 is 24.3 Å². The summed E-state index contributed by atoms with van der Waals surface area (Å²) in [6, 6.07) is 8.69. The van der Waals surface area contributed by atoms with Gasteiger partial charge in [0.05, 0.1) is 33.1 Å². The Balaban J connectivity index is 2.35. The van der Waals surface area contributed by atoms with Gasteiger partial charge in [-0.15, -0.1) is 0 Å². The molecule has 6 nitrogen and oxygen atoms in total. The highest BCUT2D eigenvalue weighted by atomic mass is 16.5. The zero-order valence-electron chi connectivity index (χ0n) is 15.8. The Bertz CT molecular complexity index is 748. The van der Waals surface area contributed by atoms with Crippen molar-refractivity contribution in [2.24, 2.45) is 0 Å². The van der Waals surface area contributed by atoms with Crippen LogP contribution < -0.4 is 24.3 Å². The van der Waals surface area contributed by atoms with E-state index < -0.39 is 0 Å². The number of methoxy groups -OCH3 is 2. The van der Waals surface area contributed by atoms with Gasteiger partial charge in [0.1, 0.15) is 23.0 Å². The van der Waals surface area contributed by atoms with Gasteiger partial charge in [-0.3, -0.25) is 4.79 Å². The molecule has 1 N–H and O–H groups in total. The molecule has 0 atom stereocenters. The van der Waals surface area contributed by atoms with Gasteiger partial charge in [-0.25, -0.2) is 0 Å². The molecule has 0 saturated carbocycles. The van der Waals surface area contributed by atoms with Crippen LogP contribution in [-0.2, 0) is 0 Å². The molecule has 0 radical (unpaired) electrons. The third-order valence-electron chi connectivity index (χ3n) is 3.82. The van der Waals surface area contributed by atoms with Gasteiger partial charge in [0.25, 0.3) is 5.91 Å².